The van der Waals surface area contributed by atoms with E-state index in [1.165, 1.54) is 0 Å². The molecule has 5 heteroatoms. The van der Waals surface area contributed by atoms with Gasteiger partial charge in [-0.25, -0.2) is 4.79 Å². The van der Waals surface area contributed by atoms with E-state index in [-0.39, 0.29) is 6.03 Å². The Balaban J connectivity index is 1.75. The maximum atomic E-state index is 12.1. The van der Waals surface area contributed by atoms with Crippen molar-refractivity contribution in [3.63, 3.8) is 0 Å². The molecule has 0 aliphatic carbocycles. The summed E-state index contributed by atoms with van der Waals surface area (Å²) in [6, 6.07) is 14.5. The molecule has 106 valence electrons. The molecular weight excluding hydrogens is 266 g/mol. The number of carbonyl (C=O) groups excluding carboxylic acids is 1. The van der Waals surface area contributed by atoms with Gasteiger partial charge in [-0.1, -0.05) is 24.3 Å². The van der Waals surface area contributed by atoms with Gasteiger partial charge in [0.2, 0.25) is 0 Å². The fourth-order valence-electron chi connectivity index (χ4n) is 2.15. The Morgan fingerprint density at radius 1 is 1.10 bits per heavy atom. The summed E-state index contributed by atoms with van der Waals surface area (Å²) >= 11 is 0. The Kier molecular flexibility index (Phi) is 3.57. The van der Waals surface area contributed by atoms with Crippen LogP contribution in [-0.2, 0) is 6.54 Å². The normalized spacial score (nSPS) is 10.5. The van der Waals surface area contributed by atoms with E-state index in [0.29, 0.717) is 23.5 Å². The molecule has 3 aromatic rings. The molecule has 0 bridgehead atoms. The number of benzene rings is 2. The van der Waals surface area contributed by atoms with E-state index < -0.39 is 0 Å². The predicted octanol–water partition coefficient (Wildman–Crippen LogP) is 3.54. The molecule has 4 N–H and O–H groups in total. The molecule has 5 nitrogen and oxygen atoms in total. The molecular formula is C16H15N3O2. The number of amides is 2. The van der Waals surface area contributed by atoms with Gasteiger partial charge in [0.25, 0.3) is 0 Å². The van der Waals surface area contributed by atoms with Crippen molar-refractivity contribution in [3.05, 3.63) is 60.4 Å². The number of furan rings is 1. The van der Waals surface area contributed by atoms with Gasteiger partial charge in [-0.15, -0.1) is 0 Å². The van der Waals surface area contributed by atoms with Crippen LogP contribution in [0.2, 0.25) is 0 Å². The van der Waals surface area contributed by atoms with E-state index in [1.807, 2.05) is 42.5 Å². The van der Waals surface area contributed by atoms with Crippen LogP contribution in [0.15, 0.2) is 59.2 Å². The smallest absolute Gasteiger partial charge is 0.323 e. The van der Waals surface area contributed by atoms with Crippen molar-refractivity contribution in [3.8, 4) is 0 Å². The standard InChI is InChI=1S/C16H15N3O2/c17-10-11-3-1-5-13(9-11)18-16(20)19-14-6-2-4-12-7-8-21-15(12)14/h1-9H,10,17H2,(H2,18,19,20). The van der Waals surface area contributed by atoms with Gasteiger partial charge in [-0.05, 0) is 29.8 Å². The Morgan fingerprint density at radius 3 is 2.81 bits per heavy atom. The van der Waals surface area contributed by atoms with Crippen molar-refractivity contribution in [2.24, 2.45) is 5.73 Å². The van der Waals surface area contributed by atoms with E-state index in [9.17, 15) is 4.79 Å². The van der Waals surface area contributed by atoms with Gasteiger partial charge in [0.1, 0.15) is 0 Å². The molecule has 0 saturated carbocycles. The molecule has 0 aliphatic heterocycles. The molecule has 3 rings (SSSR count). The zero-order chi connectivity index (χ0) is 14.7. The number of anilines is 2. The molecule has 0 spiro atoms. The third-order valence-corrected chi connectivity index (χ3v) is 3.15. The van der Waals surface area contributed by atoms with Gasteiger partial charge in [-0.2, -0.15) is 0 Å². The Labute approximate surface area is 121 Å². The van der Waals surface area contributed by atoms with Crippen LogP contribution >= 0.6 is 0 Å². The number of nitrogens with one attached hydrogen (secondary N) is 2. The summed E-state index contributed by atoms with van der Waals surface area (Å²) < 4.78 is 5.38. The summed E-state index contributed by atoms with van der Waals surface area (Å²) in [6.45, 7) is 0.433. The second kappa shape index (κ2) is 5.68. The summed E-state index contributed by atoms with van der Waals surface area (Å²) in [5.41, 5.74) is 8.52. The molecule has 0 aliphatic rings. The van der Waals surface area contributed by atoms with Crippen LogP contribution in [0, 0.1) is 0 Å². The van der Waals surface area contributed by atoms with Crippen LogP contribution in [0.5, 0.6) is 0 Å². The molecule has 0 radical (unpaired) electrons. The third-order valence-electron chi connectivity index (χ3n) is 3.15. The van der Waals surface area contributed by atoms with Gasteiger partial charge in [-0.3, -0.25) is 0 Å². The maximum absolute atomic E-state index is 12.1. The second-order valence-corrected chi connectivity index (χ2v) is 4.63. The van der Waals surface area contributed by atoms with Crippen LogP contribution in [0.3, 0.4) is 0 Å². The number of urea groups is 1. The number of para-hydroxylation sites is 1. The van der Waals surface area contributed by atoms with Crippen LogP contribution < -0.4 is 16.4 Å². The number of fused-ring (bicyclic) bond motifs is 1. The van der Waals surface area contributed by atoms with E-state index in [0.717, 1.165) is 10.9 Å². The summed E-state index contributed by atoms with van der Waals surface area (Å²) in [5.74, 6) is 0. The molecule has 2 amide bonds. The first-order valence-electron chi connectivity index (χ1n) is 6.59. The summed E-state index contributed by atoms with van der Waals surface area (Å²) in [7, 11) is 0. The third kappa shape index (κ3) is 2.88. The van der Waals surface area contributed by atoms with Crippen molar-refractivity contribution >= 4 is 28.4 Å². The summed E-state index contributed by atoms with van der Waals surface area (Å²) in [6.07, 6.45) is 1.60. The van der Waals surface area contributed by atoms with Crippen molar-refractivity contribution in [2.45, 2.75) is 6.54 Å². The molecule has 2 aromatic carbocycles. The minimum absolute atomic E-state index is 0.326. The number of hydrogen-bond acceptors (Lipinski definition) is 3. The molecule has 0 fully saturated rings. The average Bonchev–Trinajstić information content (AvgIpc) is 2.97. The van der Waals surface area contributed by atoms with Crippen LogP contribution in [-0.4, -0.2) is 6.03 Å². The zero-order valence-corrected chi connectivity index (χ0v) is 11.3. The lowest BCUT2D eigenvalue weighted by molar-refractivity contribution is 0.262. The summed E-state index contributed by atoms with van der Waals surface area (Å²) in [4.78, 5) is 12.1. The highest BCUT2D eigenvalue weighted by Crippen LogP contribution is 2.24. The molecule has 0 unspecified atom stereocenters. The maximum Gasteiger partial charge on any atom is 0.323 e. The van der Waals surface area contributed by atoms with E-state index in [1.54, 1.807) is 12.3 Å². The highest BCUT2D eigenvalue weighted by Gasteiger charge is 2.08. The Bertz CT molecular complexity index is 780. The summed E-state index contributed by atoms with van der Waals surface area (Å²) in [5, 5.41) is 6.50. The van der Waals surface area contributed by atoms with Gasteiger partial charge in [0, 0.05) is 17.6 Å². The van der Waals surface area contributed by atoms with Crippen molar-refractivity contribution in [1.29, 1.82) is 0 Å². The average molecular weight is 281 g/mol. The largest absolute Gasteiger partial charge is 0.462 e. The van der Waals surface area contributed by atoms with Crippen molar-refractivity contribution in [2.75, 3.05) is 10.6 Å². The number of rotatable bonds is 3. The van der Waals surface area contributed by atoms with Crippen LogP contribution in [0.1, 0.15) is 5.56 Å². The first kappa shape index (κ1) is 13.2. The highest BCUT2D eigenvalue weighted by atomic mass is 16.3. The lowest BCUT2D eigenvalue weighted by Crippen LogP contribution is -2.19. The SMILES string of the molecule is NCc1cccc(NC(=O)Nc2cccc3ccoc23)c1. The second-order valence-electron chi connectivity index (χ2n) is 4.63. The quantitative estimate of drug-likeness (QED) is 0.687. The predicted molar refractivity (Wildman–Crippen MR) is 83.2 cm³/mol. The molecule has 0 atom stereocenters. The lowest BCUT2D eigenvalue weighted by atomic mass is 10.2. The molecule has 1 heterocycles. The fourth-order valence-corrected chi connectivity index (χ4v) is 2.15. The molecule has 21 heavy (non-hydrogen) atoms. The van der Waals surface area contributed by atoms with Crippen LogP contribution in [0.4, 0.5) is 16.2 Å². The minimum atomic E-state index is -0.326. The fraction of sp³-hybridized carbons (Fsp3) is 0.0625. The number of hydrogen-bond donors (Lipinski definition) is 3. The van der Waals surface area contributed by atoms with Gasteiger partial charge >= 0.3 is 6.03 Å². The highest BCUT2D eigenvalue weighted by molar-refractivity contribution is 6.04. The van der Waals surface area contributed by atoms with E-state index >= 15 is 0 Å². The molecule has 0 saturated heterocycles. The first-order valence-corrected chi connectivity index (χ1v) is 6.59. The van der Waals surface area contributed by atoms with Crippen molar-refractivity contribution < 1.29 is 9.21 Å². The monoisotopic (exact) mass is 281 g/mol. The molecule has 1 aromatic heterocycles. The van der Waals surface area contributed by atoms with Gasteiger partial charge < -0.3 is 20.8 Å². The lowest BCUT2D eigenvalue weighted by Gasteiger charge is -2.09. The zero-order valence-electron chi connectivity index (χ0n) is 11.3. The first-order chi connectivity index (χ1) is 10.3. The topological polar surface area (TPSA) is 80.3 Å². The van der Waals surface area contributed by atoms with Gasteiger partial charge in [0.05, 0.1) is 12.0 Å². The Hall–Kier alpha value is -2.79. The number of carbonyl (C=O) groups is 1. The minimum Gasteiger partial charge on any atom is -0.462 e. The van der Waals surface area contributed by atoms with Crippen molar-refractivity contribution in [1.82, 2.24) is 0 Å². The van der Waals surface area contributed by atoms with Crippen LogP contribution in [0.25, 0.3) is 11.0 Å². The van der Waals surface area contributed by atoms with Gasteiger partial charge in [0.15, 0.2) is 5.58 Å². The van der Waals surface area contributed by atoms with E-state index in [4.69, 9.17) is 10.2 Å². The number of nitrogens with two attached hydrogens (primary N) is 1. The Morgan fingerprint density at radius 2 is 1.95 bits per heavy atom. The van der Waals surface area contributed by atoms with E-state index in [2.05, 4.69) is 10.6 Å².